The number of benzene rings is 3. The molecule has 1 heterocycles. The molecule has 3 aromatic rings. The lowest BCUT2D eigenvalue weighted by Gasteiger charge is -2.28. The molecule has 1 spiro atoms. The summed E-state index contributed by atoms with van der Waals surface area (Å²) in [6.45, 7) is 7.95. The molecule has 1 aliphatic heterocycles. The van der Waals surface area contributed by atoms with Crippen molar-refractivity contribution in [3.63, 3.8) is 0 Å². The van der Waals surface area contributed by atoms with Gasteiger partial charge < -0.3 is 9.57 Å². The maximum Gasteiger partial charge on any atom is 0.320 e. The summed E-state index contributed by atoms with van der Waals surface area (Å²) < 4.78 is 5.46. The Morgan fingerprint density at radius 3 is 2.45 bits per heavy atom. The van der Waals surface area contributed by atoms with Crippen LogP contribution in [0.1, 0.15) is 45.1 Å². The standard InChI is InChI=1S/C26H23NO4/c1-5-30-25(29)22-23(20-15(3)12-14(2)13-16(20)4)27-31-26(22)19-11-7-9-17-8-6-10-18(21(17)19)24(26)28/h6-13,22H,5H2,1-4H3. The van der Waals surface area contributed by atoms with E-state index in [9.17, 15) is 9.59 Å². The SMILES string of the molecule is CCOC(=O)C1C(c2c(C)cc(C)cc2C)=NOC12C(=O)c1cccc3cccc2c13. The first-order valence-corrected chi connectivity index (χ1v) is 10.5. The van der Waals surface area contributed by atoms with Crippen LogP contribution in [-0.4, -0.2) is 24.1 Å². The normalized spacial score (nSPS) is 21.5. The van der Waals surface area contributed by atoms with E-state index in [1.54, 1.807) is 13.0 Å². The van der Waals surface area contributed by atoms with E-state index < -0.39 is 17.5 Å². The molecule has 3 aromatic carbocycles. The van der Waals surface area contributed by atoms with Gasteiger partial charge in [0.2, 0.25) is 11.4 Å². The maximum absolute atomic E-state index is 13.8. The highest BCUT2D eigenvalue weighted by molar-refractivity contribution is 6.26. The number of carbonyl (C=O) groups excluding carboxylic acids is 2. The number of fused-ring (bicyclic) bond motifs is 1. The zero-order valence-electron chi connectivity index (χ0n) is 18.0. The zero-order chi connectivity index (χ0) is 21.9. The van der Waals surface area contributed by atoms with Gasteiger partial charge in [-0.25, -0.2) is 0 Å². The molecule has 5 nitrogen and oxygen atoms in total. The minimum atomic E-state index is -1.55. The van der Waals surface area contributed by atoms with E-state index in [4.69, 9.17) is 9.57 Å². The van der Waals surface area contributed by atoms with Crippen LogP contribution < -0.4 is 0 Å². The summed E-state index contributed by atoms with van der Waals surface area (Å²) in [5.74, 6) is -1.74. The first-order valence-electron chi connectivity index (χ1n) is 10.5. The Kier molecular flexibility index (Phi) is 4.26. The minimum Gasteiger partial charge on any atom is -0.465 e. The second-order valence-electron chi connectivity index (χ2n) is 8.30. The minimum absolute atomic E-state index is 0.204. The summed E-state index contributed by atoms with van der Waals surface area (Å²) in [6, 6.07) is 15.4. The van der Waals surface area contributed by atoms with Crippen LogP contribution in [0.3, 0.4) is 0 Å². The number of rotatable bonds is 3. The molecule has 0 bridgehead atoms. The fourth-order valence-corrected chi connectivity index (χ4v) is 5.24. The lowest BCUT2D eigenvalue weighted by molar-refractivity contribution is -0.152. The summed E-state index contributed by atoms with van der Waals surface area (Å²) >= 11 is 0. The average molecular weight is 413 g/mol. The molecule has 0 saturated heterocycles. The number of carbonyl (C=O) groups is 2. The molecule has 0 N–H and O–H groups in total. The number of hydrogen-bond acceptors (Lipinski definition) is 5. The Morgan fingerprint density at radius 2 is 1.77 bits per heavy atom. The van der Waals surface area contributed by atoms with E-state index in [-0.39, 0.29) is 12.4 Å². The molecule has 5 rings (SSSR count). The van der Waals surface area contributed by atoms with Crippen molar-refractivity contribution in [1.82, 2.24) is 0 Å². The van der Waals surface area contributed by atoms with Gasteiger partial charge in [0.1, 0.15) is 5.71 Å². The molecule has 0 radical (unpaired) electrons. The lowest BCUT2D eigenvalue weighted by atomic mass is 9.75. The summed E-state index contributed by atoms with van der Waals surface area (Å²) in [5, 5.41) is 6.14. The number of esters is 1. The van der Waals surface area contributed by atoms with E-state index in [0.717, 1.165) is 33.0 Å². The number of ether oxygens (including phenoxy) is 1. The third-order valence-corrected chi connectivity index (χ3v) is 6.31. The van der Waals surface area contributed by atoms with Crippen LogP contribution in [0.2, 0.25) is 0 Å². The van der Waals surface area contributed by atoms with E-state index >= 15 is 0 Å². The molecule has 2 aliphatic rings. The third kappa shape index (κ3) is 2.52. The van der Waals surface area contributed by atoms with Crippen molar-refractivity contribution >= 4 is 28.2 Å². The van der Waals surface area contributed by atoms with E-state index in [0.29, 0.717) is 16.8 Å². The second kappa shape index (κ2) is 6.77. The number of nitrogens with zero attached hydrogens (tertiary/aromatic N) is 1. The Hall–Kier alpha value is -3.47. The van der Waals surface area contributed by atoms with Gasteiger partial charge in [0.15, 0.2) is 5.92 Å². The molecule has 0 saturated carbocycles. The van der Waals surface area contributed by atoms with Crippen molar-refractivity contribution in [2.24, 2.45) is 11.1 Å². The molecule has 0 fully saturated rings. The molecule has 1 aliphatic carbocycles. The number of oxime groups is 1. The van der Waals surface area contributed by atoms with Crippen molar-refractivity contribution in [1.29, 1.82) is 0 Å². The van der Waals surface area contributed by atoms with Crippen LogP contribution in [0.25, 0.3) is 10.8 Å². The fraction of sp³-hybridized carbons (Fsp3) is 0.269. The number of hydrogen-bond donors (Lipinski definition) is 0. The van der Waals surface area contributed by atoms with E-state index in [1.807, 2.05) is 63.2 Å². The van der Waals surface area contributed by atoms with Crippen molar-refractivity contribution in [2.75, 3.05) is 6.61 Å². The molecule has 0 aromatic heterocycles. The number of Topliss-reactive ketones (excluding diaryl/α,β-unsaturated/α-hetero) is 1. The van der Waals surface area contributed by atoms with Gasteiger partial charge in [0, 0.05) is 22.1 Å². The second-order valence-corrected chi connectivity index (χ2v) is 8.30. The highest BCUT2D eigenvalue weighted by atomic mass is 16.7. The van der Waals surface area contributed by atoms with Crippen molar-refractivity contribution < 1.29 is 19.2 Å². The number of ketones is 1. The first kappa shape index (κ1) is 19.5. The largest absolute Gasteiger partial charge is 0.465 e. The Balaban J connectivity index is 1.77. The quantitative estimate of drug-likeness (QED) is 0.580. The third-order valence-electron chi connectivity index (χ3n) is 6.31. The van der Waals surface area contributed by atoms with Crippen LogP contribution in [-0.2, 0) is 20.0 Å². The molecule has 2 unspecified atom stereocenters. The van der Waals surface area contributed by atoms with Gasteiger partial charge in [-0.1, -0.05) is 59.3 Å². The van der Waals surface area contributed by atoms with Gasteiger partial charge in [0.25, 0.3) is 0 Å². The van der Waals surface area contributed by atoms with E-state index in [2.05, 4.69) is 5.16 Å². The highest BCUT2D eigenvalue weighted by Crippen LogP contribution is 2.52. The highest BCUT2D eigenvalue weighted by Gasteiger charge is 2.64. The summed E-state index contributed by atoms with van der Waals surface area (Å²) in [4.78, 5) is 33.2. The molecular formula is C26H23NO4. The van der Waals surface area contributed by atoms with Crippen molar-refractivity contribution in [2.45, 2.75) is 33.3 Å². The smallest absolute Gasteiger partial charge is 0.320 e. The van der Waals surface area contributed by atoms with Gasteiger partial charge in [-0.05, 0) is 44.2 Å². The van der Waals surface area contributed by atoms with Gasteiger partial charge in [0.05, 0.1) is 6.61 Å². The Morgan fingerprint density at radius 1 is 1.10 bits per heavy atom. The lowest BCUT2D eigenvalue weighted by Crippen LogP contribution is -2.46. The summed E-state index contributed by atoms with van der Waals surface area (Å²) in [5.41, 5.74) is 4.03. The number of aryl methyl sites for hydroxylation is 3. The monoisotopic (exact) mass is 413 g/mol. The molecule has 5 heteroatoms. The van der Waals surface area contributed by atoms with Crippen molar-refractivity contribution in [3.05, 3.63) is 81.9 Å². The van der Waals surface area contributed by atoms with Crippen LogP contribution in [0.15, 0.2) is 53.7 Å². The van der Waals surface area contributed by atoms with Crippen molar-refractivity contribution in [3.8, 4) is 0 Å². The predicted octanol–water partition coefficient (Wildman–Crippen LogP) is 4.77. The Bertz CT molecular complexity index is 1280. The molecule has 31 heavy (non-hydrogen) atoms. The first-order chi connectivity index (χ1) is 14.9. The summed E-state index contributed by atoms with van der Waals surface area (Å²) in [7, 11) is 0. The van der Waals surface area contributed by atoms with Crippen LogP contribution in [0.5, 0.6) is 0 Å². The molecule has 0 amide bonds. The molecule has 2 atom stereocenters. The topological polar surface area (TPSA) is 65.0 Å². The molecular weight excluding hydrogens is 390 g/mol. The van der Waals surface area contributed by atoms with Crippen LogP contribution in [0.4, 0.5) is 0 Å². The Labute approximate surface area is 180 Å². The van der Waals surface area contributed by atoms with E-state index in [1.165, 1.54) is 0 Å². The van der Waals surface area contributed by atoms with Gasteiger partial charge in [-0.2, -0.15) is 0 Å². The van der Waals surface area contributed by atoms with Crippen LogP contribution >= 0.6 is 0 Å². The summed E-state index contributed by atoms with van der Waals surface area (Å²) in [6.07, 6.45) is 0. The zero-order valence-corrected chi connectivity index (χ0v) is 18.0. The van der Waals surface area contributed by atoms with Gasteiger partial charge >= 0.3 is 5.97 Å². The van der Waals surface area contributed by atoms with Crippen LogP contribution in [0, 0.1) is 26.7 Å². The average Bonchev–Trinajstić information content (AvgIpc) is 3.22. The maximum atomic E-state index is 13.8. The fourth-order valence-electron chi connectivity index (χ4n) is 5.24. The van der Waals surface area contributed by atoms with Gasteiger partial charge in [-0.3, -0.25) is 9.59 Å². The molecule has 156 valence electrons. The predicted molar refractivity (Wildman–Crippen MR) is 118 cm³/mol. The van der Waals surface area contributed by atoms with Gasteiger partial charge in [-0.15, -0.1) is 0 Å².